The van der Waals surface area contributed by atoms with E-state index in [-0.39, 0.29) is 11.5 Å². The van der Waals surface area contributed by atoms with Crippen LogP contribution in [0.3, 0.4) is 0 Å². The smallest absolute Gasteiger partial charge is 0.260 e. The monoisotopic (exact) mass is 281 g/mol. The molecule has 2 aromatic rings. The Bertz CT molecular complexity index is 560. The molecule has 0 aliphatic carbocycles. The molecule has 0 bridgehead atoms. The molecule has 0 fully saturated rings. The molecule has 2 rings (SSSR count). The first kappa shape index (κ1) is 14.4. The minimum absolute atomic E-state index is 0.113. The fourth-order valence-electron chi connectivity index (χ4n) is 1.58. The summed E-state index contributed by atoms with van der Waals surface area (Å²) >= 11 is 0. The van der Waals surface area contributed by atoms with Crippen molar-refractivity contribution in [3.8, 4) is 11.5 Å². The van der Waals surface area contributed by atoms with Gasteiger partial charge >= 0.3 is 0 Å². The van der Waals surface area contributed by atoms with Crippen molar-refractivity contribution < 1.29 is 18.4 Å². The van der Waals surface area contributed by atoms with Crippen molar-refractivity contribution in [2.45, 2.75) is 6.42 Å². The molecule has 0 saturated carbocycles. The predicted molar refractivity (Wildman–Crippen MR) is 70.5 cm³/mol. The Morgan fingerprint density at radius 1 is 1.30 bits per heavy atom. The number of rotatable bonds is 7. The van der Waals surface area contributed by atoms with Gasteiger partial charge in [0.2, 0.25) is 0 Å². The maximum atomic E-state index is 13.6. The van der Waals surface area contributed by atoms with Gasteiger partial charge < -0.3 is 19.7 Å². The highest BCUT2D eigenvalue weighted by Gasteiger charge is 2.13. The minimum atomic E-state index is -0.453. The van der Waals surface area contributed by atoms with Gasteiger partial charge in [-0.05, 0) is 18.2 Å². The van der Waals surface area contributed by atoms with Gasteiger partial charge in [-0.2, -0.15) is 4.98 Å². The predicted octanol–water partition coefficient (Wildman–Crippen LogP) is 1.66. The normalized spacial score (nSPS) is 10.9. The second-order valence-electron chi connectivity index (χ2n) is 4.11. The van der Waals surface area contributed by atoms with Crippen molar-refractivity contribution in [1.29, 1.82) is 0 Å². The Morgan fingerprint density at radius 2 is 2.15 bits per heavy atom. The van der Waals surface area contributed by atoms with Crippen molar-refractivity contribution in [2.75, 3.05) is 32.7 Å². The summed E-state index contributed by atoms with van der Waals surface area (Å²) in [5.41, 5.74) is 6.24. The van der Waals surface area contributed by atoms with Crippen molar-refractivity contribution in [1.82, 2.24) is 10.1 Å². The summed E-state index contributed by atoms with van der Waals surface area (Å²) in [6, 6.07) is 4.20. The van der Waals surface area contributed by atoms with Gasteiger partial charge in [-0.25, -0.2) is 4.39 Å². The van der Waals surface area contributed by atoms with E-state index < -0.39 is 5.82 Å². The third kappa shape index (κ3) is 3.75. The number of hydrogen-bond donors (Lipinski definition) is 1. The van der Waals surface area contributed by atoms with E-state index in [0.29, 0.717) is 37.8 Å². The first-order chi connectivity index (χ1) is 9.70. The molecule has 0 atom stereocenters. The van der Waals surface area contributed by atoms with Crippen LogP contribution < -0.4 is 5.73 Å². The Labute approximate surface area is 115 Å². The van der Waals surface area contributed by atoms with Gasteiger partial charge in [0.15, 0.2) is 5.82 Å². The first-order valence-electron chi connectivity index (χ1n) is 6.15. The first-order valence-corrected chi connectivity index (χ1v) is 6.15. The maximum Gasteiger partial charge on any atom is 0.260 e. The molecule has 0 aliphatic rings. The summed E-state index contributed by atoms with van der Waals surface area (Å²) in [5.74, 6) is 0.117. The third-order valence-corrected chi connectivity index (χ3v) is 2.59. The lowest BCUT2D eigenvalue weighted by Gasteiger charge is -2.00. The second kappa shape index (κ2) is 6.97. The number of nitrogens with zero attached hydrogens (tertiary/aromatic N) is 2. The lowest BCUT2D eigenvalue weighted by molar-refractivity contribution is 0.0714. The molecule has 0 spiro atoms. The highest BCUT2D eigenvalue weighted by Crippen LogP contribution is 2.23. The number of halogens is 1. The summed E-state index contributed by atoms with van der Waals surface area (Å²) in [5, 5.41) is 3.78. The van der Waals surface area contributed by atoms with Crippen LogP contribution in [-0.2, 0) is 15.9 Å². The largest absolute Gasteiger partial charge is 0.399 e. The summed E-state index contributed by atoms with van der Waals surface area (Å²) in [6.07, 6.45) is 0.483. The molecule has 0 saturated heterocycles. The SMILES string of the molecule is COCCOCCc1noc(-c2cc(N)ccc2F)n1. The Kier molecular flexibility index (Phi) is 5.03. The Hall–Kier alpha value is -1.99. The van der Waals surface area contributed by atoms with Gasteiger partial charge in [-0.3, -0.25) is 0 Å². The molecule has 0 radical (unpaired) electrons. The fourth-order valence-corrected chi connectivity index (χ4v) is 1.58. The average Bonchev–Trinajstić information content (AvgIpc) is 2.90. The van der Waals surface area contributed by atoms with Crippen molar-refractivity contribution in [3.05, 3.63) is 29.8 Å². The fraction of sp³-hybridized carbons (Fsp3) is 0.385. The van der Waals surface area contributed by atoms with E-state index in [0.717, 1.165) is 0 Å². The highest BCUT2D eigenvalue weighted by atomic mass is 19.1. The van der Waals surface area contributed by atoms with Crippen LogP contribution in [0.5, 0.6) is 0 Å². The van der Waals surface area contributed by atoms with Gasteiger partial charge in [0.25, 0.3) is 5.89 Å². The number of aromatic nitrogens is 2. The van der Waals surface area contributed by atoms with Crippen LogP contribution in [0.1, 0.15) is 5.82 Å². The summed E-state index contributed by atoms with van der Waals surface area (Å²) in [4.78, 5) is 4.12. The maximum absolute atomic E-state index is 13.6. The van der Waals surface area contributed by atoms with Crippen LogP contribution in [-0.4, -0.2) is 37.1 Å². The zero-order chi connectivity index (χ0) is 14.4. The highest BCUT2D eigenvalue weighted by molar-refractivity contribution is 5.60. The number of nitrogen functional groups attached to an aromatic ring is 1. The van der Waals surface area contributed by atoms with E-state index in [1.165, 1.54) is 18.2 Å². The Morgan fingerprint density at radius 3 is 2.95 bits per heavy atom. The van der Waals surface area contributed by atoms with Gasteiger partial charge in [0, 0.05) is 19.2 Å². The molecule has 7 heteroatoms. The molecule has 0 aliphatic heterocycles. The van der Waals surface area contributed by atoms with E-state index in [4.69, 9.17) is 19.7 Å². The van der Waals surface area contributed by atoms with E-state index in [1.54, 1.807) is 7.11 Å². The van der Waals surface area contributed by atoms with Crippen LogP contribution in [0.15, 0.2) is 22.7 Å². The van der Waals surface area contributed by atoms with Gasteiger partial charge in [0.05, 0.1) is 25.4 Å². The summed E-state index contributed by atoms with van der Waals surface area (Å²) < 4.78 is 28.8. The molecular weight excluding hydrogens is 265 g/mol. The lowest BCUT2D eigenvalue weighted by Crippen LogP contribution is -2.05. The molecule has 1 aromatic carbocycles. The molecule has 0 unspecified atom stereocenters. The molecule has 20 heavy (non-hydrogen) atoms. The van der Waals surface area contributed by atoms with Crippen LogP contribution >= 0.6 is 0 Å². The van der Waals surface area contributed by atoms with E-state index in [1.807, 2.05) is 0 Å². The topological polar surface area (TPSA) is 83.4 Å². The number of nitrogens with two attached hydrogens (primary N) is 1. The molecule has 1 heterocycles. The molecular formula is C13H16FN3O3. The molecule has 0 amide bonds. The number of methoxy groups -OCH3 is 1. The zero-order valence-electron chi connectivity index (χ0n) is 11.1. The number of benzene rings is 1. The number of ether oxygens (including phenoxy) is 2. The standard InChI is InChI=1S/C13H16FN3O3/c1-18-6-7-19-5-4-12-16-13(20-17-12)10-8-9(15)2-3-11(10)14/h2-3,8H,4-7,15H2,1H3. The molecule has 1 aromatic heterocycles. The van der Waals surface area contributed by atoms with E-state index in [9.17, 15) is 4.39 Å². The van der Waals surface area contributed by atoms with Gasteiger partial charge in [-0.1, -0.05) is 5.16 Å². The van der Waals surface area contributed by atoms with Crippen molar-refractivity contribution >= 4 is 5.69 Å². The molecule has 2 N–H and O–H groups in total. The lowest BCUT2D eigenvalue weighted by atomic mass is 10.2. The van der Waals surface area contributed by atoms with Crippen molar-refractivity contribution in [3.63, 3.8) is 0 Å². The van der Waals surface area contributed by atoms with Crippen LogP contribution in [0.2, 0.25) is 0 Å². The third-order valence-electron chi connectivity index (χ3n) is 2.59. The van der Waals surface area contributed by atoms with E-state index >= 15 is 0 Å². The van der Waals surface area contributed by atoms with E-state index in [2.05, 4.69) is 10.1 Å². The van der Waals surface area contributed by atoms with Crippen LogP contribution in [0.25, 0.3) is 11.5 Å². The second-order valence-corrected chi connectivity index (χ2v) is 4.11. The van der Waals surface area contributed by atoms with Crippen LogP contribution in [0, 0.1) is 5.82 Å². The average molecular weight is 281 g/mol. The Balaban J connectivity index is 1.96. The molecule has 108 valence electrons. The molecule has 6 nitrogen and oxygen atoms in total. The van der Waals surface area contributed by atoms with Gasteiger partial charge in [0.1, 0.15) is 5.82 Å². The van der Waals surface area contributed by atoms with Crippen LogP contribution in [0.4, 0.5) is 10.1 Å². The number of hydrogen-bond acceptors (Lipinski definition) is 6. The van der Waals surface area contributed by atoms with Crippen molar-refractivity contribution in [2.24, 2.45) is 0 Å². The minimum Gasteiger partial charge on any atom is -0.399 e. The quantitative estimate of drug-likeness (QED) is 0.614. The summed E-state index contributed by atoms with van der Waals surface area (Å²) in [6.45, 7) is 1.48. The number of anilines is 1. The summed E-state index contributed by atoms with van der Waals surface area (Å²) in [7, 11) is 1.61. The van der Waals surface area contributed by atoms with Gasteiger partial charge in [-0.15, -0.1) is 0 Å². The zero-order valence-corrected chi connectivity index (χ0v) is 11.1.